The number of hydrogen-bond donors (Lipinski definition) is 2. The van der Waals surface area contributed by atoms with E-state index in [1.807, 2.05) is 0 Å². The number of thioether (sulfide) groups is 1. The first-order chi connectivity index (χ1) is 8.97. The van der Waals surface area contributed by atoms with Crippen molar-refractivity contribution in [1.82, 2.24) is 4.72 Å². The molecule has 1 aromatic carbocycles. The van der Waals surface area contributed by atoms with Gasteiger partial charge in [0.05, 0.1) is 5.69 Å². The van der Waals surface area contributed by atoms with Crippen LogP contribution in [0.25, 0.3) is 0 Å². The zero-order chi connectivity index (χ0) is 14.3. The van der Waals surface area contributed by atoms with Crippen molar-refractivity contribution < 1.29 is 8.42 Å². The molecule has 0 spiro atoms. The quantitative estimate of drug-likeness (QED) is 0.570. The maximum absolute atomic E-state index is 12.0. The Hall–Kier alpha value is -0.430. The summed E-state index contributed by atoms with van der Waals surface area (Å²) in [6, 6.07) is 4.38. The van der Waals surface area contributed by atoms with Gasteiger partial charge in [-0.05, 0) is 43.0 Å². The van der Waals surface area contributed by atoms with Crippen molar-refractivity contribution in [3.05, 3.63) is 23.2 Å². The van der Waals surface area contributed by atoms with Crippen LogP contribution >= 0.6 is 23.4 Å². The van der Waals surface area contributed by atoms with Crippen LogP contribution < -0.4 is 10.5 Å². The van der Waals surface area contributed by atoms with Crippen LogP contribution in [0.3, 0.4) is 0 Å². The topological polar surface area (TPSA) is 72.2 Å². The van der Waals surface area contributed by atoms with Crippen LogP contribution in [0.2, 0.25) is 5.02 Å². The van der Waals surface area contributed by atoms with Gasteiger partial charge in [0.1, 0.15) is 4.90 Å². The van der Waals surface area contributed by atoms with Gasteiger partial charge >= 0.3 is 0 Å². The highest BCUT2D eigenvalue weighted by Crippen LogP contribution is 2.22. The average molecular weight is 323 g/mol. The first-order valence-corrected chi connectivity index (χ1v) is 9.26. The van der Waals surface area contributed by atoms with E-state index in [2.05, 4.69) is 11.0 Å². The van der Waals surface area contributed by atoms with E-state index < -0.39 is 10.0 Å². The van der Waals surface area contributed by atoms with Crippen LogP contribution in [0.1, 0.15) is 19.3 Å². The van der Waals surface area contributed by atoms with E-state index in [-0.39, 0.29) is 10.6 Å². The molecular formula is C12H19ClN2O2S2. The fourth-order valence-electron chi connectivity index (χ4n) is 1.60. The van der Waals surface area contributed by atoms with Crippen molar-refractivity contribution in [2.75, 3.05) is 24.3 Å². The maximum atomic E-state index is 12.0. The molecule has 0 aliphatic rings. The third-order valence-corrected chi connectivity index (χ3v) is 5.05. The Bertz CT molecular complexity index is 506. The number of sulfonamides is 1. The monoisotopic (exact) mass is 322 g/mol. The van der Waals surface area contributed by atoms with E-state index in [1.54, 1.807) is 11.8 Å². The molecule has 0 unspecified atom stereocenters. The smallest absolute Gasteiger partial charge is 0.242 e. The molecule has 3 N–H and O–H groups in total. The molecule has 0 saturated heterocycles. The lowest BCUT2D eigenvalue weighted by Crippen LogP contribution is -2.25. The summed E-state index contributed by atoms with van der Waals surface area (Å²) in [6.45, 7) is 0.429. The average Bonchev–Trinajstić information content (AvgIpc) is 2.33. The molecule has 7 heteroatoms. The van der Waals surface area contributed by atoms with Crippen molar-refractivity contribution in [2.24, 2.45) is 0 Å². The third-order valence-electron chi connectivity index (χ3n) is 2.58. The molecule has 0 aliphatic carbocycles. The fourth-order valence-corrected chi connectivity index (χ4v) is 3.45. The first-order valence-electron chi connectivity index (χ1n) is 6.01. The summed E-state index contributed by atoms with van der Waals surface area (Å²) in [5, 5.41) is 0.425. The van der Waals surface area contributed by atoms with Crippen molar-refractivity contribution in [1.29, 1.82) is 0 Å². The molecule has 0 saturated carbocycles. The van der Waals surface area contributed by atoms with Gasteiger partial charge in [0.2, 0.25) is 10.0 Å². The van der Waals surface area contributed by atoms with Gasteiger partial charge in [-0.15, -0.1) is 0 Å². The Morgan fingerprint density at radius 1 is 1.32 bits per heavy atom. The summed E-state index contributed by atoms with van der Waals surface area (Å²) in [6.07, 6.45) is 5.00. The Kier molecular flexibility index (Phi) is 6.99. The number of benzene rings is 1. The predicted octanol–water partition coefficient (Wildman–Crippen LogP) is 2.73. The second-order valence-electron chi connectivity index (χ2n) is 4.13. The highest BCUT2D eigenvalue weighted by atomic mass is 35.5. The standard InChI is InChI=1S/C12H19ClN2O2S2/c1-18-8-4-2-3-7-15-19(16,17)12-6-5-10(13)9-11(12)14/h5-6,9,15H,2-4,7-8,14H2,1H3. The fraction of sp³-hybridized carbons (Fsp3) is 0.500. The van der Waals surface area contributed by atoms with Crippen LogP contribution in [0, 0.1) is 0 Å². The molecule has 0 aliphatic heterocycles. The first kappa shape index (κ1) is 16.6. The number of halogens is 1. The van der Waals surface area contributed by atoms with Crippen LogP contribution in [0.15, 0.2) is 23.1 Å². The van der Waals surface area contributed by atoms with Gasteiger partial charge < -0.3 is 5.73 Å². The van der Waals surface area contributed by atoms with Crippen molar-refractivity contribution in [3.8, 4) is 0 Å². The van der Waals surface area contributed by atoms with Crippen LogP contribution in [-0.4, -0.2) is 27.0 Å². The van der Waals surface area contributed by atoms with E-state index in [0.29, 0.717) is 11.6 Å². The van der Waals surface area contributed by atoms with E-state index in [1.165, 1.54) is 18.2 Å². The number of anilines is 1. The second-order valence-corrected chi connectivity index (χ2v) is 7.29. The minimum absolute atomic E-state index is 0.0843. The molecule has 1 aromatic rings. The summed E-state index contributed by atoms with van der Waals surface area (Å²) in [5.74, 6) is 1.11. The Balaban J connectivity index is 2.52. The molecule has 19 heavy (non-hydrogen) atoms. The summed E-state index contributed by atoms with van der Waals surface area (Å²) in [5.41, 5.74) is 5.84. The molecular weight excluding hydrogens is 304 g/mol. The van der Waals surface area contributed by atoms with Gasteiger partial charge in [-0.3, -0.25) is 0 Å². The largest absolute Gasteiger partial charge is 0.398 e. The Morgan fingerprint density at radius 3 is 2.68 bits per heavy atom. The van der Waals surface area contributed by atoms with Crippen molar-refractivity contribution in [3.63, 3.8) is 0 Å². The minimum atomic E-state index is -3.54. The minimum Gasteiger partial charge on any atom is -0.398 e. The molecule has 0 bridgehead atoms. The van der Waals surface area contributed by atoms with E-state index in [4.69, 9.17) is 17.3 Å². The SMILES string of the molecule is CSCCCCCNS(=O)(=O)c1ccc(Cl)cc1N. The second kappa shape index (κ2) is 7.99. The summed E-state index contributed by atoms with van der Waals surface area (Å²) in [7, 11) is -3.54. The molecule has 1 rings (SSSR count). The maximum Gasteiger partial charge on any atom is 0.242 e. The van der Waals surface area contributed by atoms with E-state index in [0.717, 1.165) is 25.0 Å². The number of nitrogens with one attached hydrogen (secondary N) is 1. The molecule has 0 atom stereocenters. The van der Waals surface area contributed by atoms with Gasteiger partial charge in [0.25, 0.3) is 0 Å². The van der Waals surface area contributed by atoms with Gasteiger partial charge in [-0.1, -0.05) is 18.0 Å². The number of nitrogens with two attached hydrogens (primary N) is 1. The van der Waals surface area contributed by atoms with E-state index in [9.17, 15) is 8.42 Å². The summed E-state index contributed by atoms with van der Waals surface area (Å²) in [4.78, 5) is 0.0843. The van der Waals surface area contributed by atoms with Gasteiger partial charge in [-0.25, -0.2) is 13.1 Å². The molecule has 0 fully saturated rings. The lowest BCUT2D eigenvalue weighted by atomic mass is 10.2. The molecule has 4 nitrogen and oxygen atoms in total. The number of nitrogen functional groups attached to an aromatic ring is 1. The summed E-state index contributed by atoms with van der Waals surface area (Å²) >= 11 is 7.54. The van der Waals surface area contributed by atoms with Gasteiger partial charge in [0.15, 0.2) is 0 Å². The zero-order valence-corrected chi connectivity index (χ0v) is 13.2. The van der Waals surface area contributed by atoms with Crippen LogP contribution in [0.4, 0.5) is 5.69 Å². The molecule has 108 valence electrons. The van der Waals surface area contributed by atoms with E-state index >= 15 is 0 Å². The van der Waals surface area contributed by atoms with Gasteiger partial charge in [0, 0.05) is 11.6 Å². The molecule has 0 amide bonds. The normalized spacial score (nSPS) is 11.7. The third kappa shape index (κ3) is 5.60. The highest BCUT2D eigenvalue weighted by Gasteiger charge is 2.16. The van der Waals surface area contributed by atoms with Crippen molar-refractivity contribution in [2.45, 2.75) is 24.2 Å². The Morgan fingerprint density at radius 2 is 2.05 bits per heavy atom. The van der Waals surface area contributed by atoms with Crippen LogP contribution in [-0.2, 0) is 10.0 Å². The predicted molar refractivity (Wildman–Crippen MR) is 83.3 cm³/mol. The highest BCUT2D eigenvalue weighted by molar-refractivity contribution is 7.98. The van der Waals surface area contributed by atoms with Crippen LogP contribution in [0.5, 0.6) is 0 Å². The number of rotatable bonds is 8. The van der Waals surface area contributed by atoms with Crippen molar-refractivity contribution >= 4 is 39.1 Å². The van der Waals surface area contributed by atoms with Gasteiger partial charge in [-0.2, -0.15) is 11.8 Å². The zero-order valence-electron chi connectivity index (χ0n) is 10.9. The number of unbranched alkanes of at least 4 members (excludes halogenated alkanes) is 2. The summed E-state index contributed by atoms with van der Waals surface area (Å²) < 4.78 is 26.6. The lowest BCUT2D eigenvalue weighted by Gasteiger charge is -2.09. The lowest BCUT2D eigenvalue weighted by molar-refractivity contribution is 0.576. The molecule has 0 heterocycles. The molecule has 0 radical (unpaired) electrons. The Labute approximate surface area is 124 Å². The molecule has 0 aromatic heterocycles. The number of hydrogen-bond acceptors (Lipinski definition) is 4.